The van der Waals surface area contributed by atoms with E-state index in [4.69, 9.17) is 0 Å². The van der Waals surface area contributed by atoms with Crippen molar-refractivity contribution < 1.29 is 0 Å². The van der Waals surface area contributed by atoms with E-state index in [1.807, 2.05) is 0 Å². The van der Waals surface area contributed by atoms with E-state index in [-0.39, 0.29) is 0 Å². The van der Waals surface area contributed by atoms with Crippen molar-refractivity contribution in [3.05, 3.63) is 0 Å². The first-order chi connectivity index (χ1) is 8.06. The van der Waals surface area contributed by atoms with Gasteiger partial charge in [0.2, 0.25) is 0 Å². The van der Waals surface area contributed by atoms with Gasteiger partial charge in [0.05, 0.1) is 0 Å². The summed E-state index contributed by atoms with van der Waals surface area (Å²) in [6.07, 6.45) is 8.15. The summed E-state index contributed by atoms with van der Waals surface area (Å²) in [5.41, 5.74) is 0.429. The van der Waals surface area contributed by atoms with Crippen LogP contribution in [0.1, 0.15) is 59.3 Å². The average molecular weight is 257 g/mol. The van der Waals surface area contributed by atoms with Gasteiger partial charge in [-0.15, -0.1) is 0 Å². The van der Waals surface area contributed by atoms with Gasteiger partial charge in [0.1, 0.15) is 0 Å². The van der Waals surface area contributed by atoms with Crippen LogP contribution < -0.4 is 0 Å². The smallest absolute Gasteiger partial charge is 0.00949 e. The molecule has 0 aromatic rings. The Bertz CT molecular complexity index is 205. The first-order valence-electron chi connectivity index (χ1n) is 7.38. The highest BCUT2D eigenvalue weighted by molar-refractivity contribution is 7.80. The summed E-state index contributed by atoms with van der Waals surface area (Å²) < 4.78 is 0. The van der Waals surface area contributed by atoms with E-state index in [0.717, 1.165) is 17.7 Å². The molecule has 17 heavy (non-hydrogen) atoms. The van der Waals surface area contributed by atoms with Crippen LogP contribution in [0, 0.1) is 11.3 Å². The Labute approximate surface area is 114 Å². The van der Waals surface area contributed by atoms with E-state index in [0.29, 0.717) is 5.41 Å². The fourth-order valence-electron chi connectivity index (χ4n) is 3.21. The fraction of sp³-hybridized carbons (Fsp3) is 1.00. The van der Waals surface area contributed by atoms with Crippen molar-refractivity contribution in [1.82, 2.24) is 4.90 Å². The first-order valence-corrected chi connectivity index (χ1v) is 8.01. The lowest BCUT2D eigenvalue weighted by Crippen LogP contribution is -2.43. The lowest BCUT2D eigenvalue weighted by atomic mass is 9.81. The Hall–Kier alpha value is 0.310. The maximum atomic E-state index is 4.59. The summed E-state index contributed by atoms with van der Waals surface area (Å²) in [5.74, 6) is 1.94. The SMILES string of the molecule is CCC(CC)(CS)CN(C)C1CCCC(C)C1. The molecule has 1 rings (SSSR count). The molecule has 1 saturated carbocycles. The molecule has 0 aromatic heterocycles. The largest absolute Gasteiger partial charge is 0.303 e. The van der Waals surface area contributed by atoms with E-state index in [9.17, 15) is 0 Å². The van der Waals surface area contributed by atoms with E-state index >= 15 is 0 Å². The molecular formula is C15H31NS. The molecule has 1 aliphatic rings. The molecule has 2 heteroatoms. The van der Waals surface area contributed by atoms with Crippen LogP contribution in [0.2, 0.25) is 0 Å². The molecular weight excluding hydrogens is 226 g/mol. The van der Waals surface area contributed by atoms with Gasteiger partial charge in [0.15, 0.2) is 0 Å². The van der Waals surface area contributed by atoms with Crippen LogP contribution in [0.5, 0.6) is 0 Å². The minimum atomic E-state index is 0.429. The summed E-state index contributed by atoms with van der Waals surface area (Å²) >= 11 is 4.59. The van der Waals surface area contributed by atoms with E-state index in [1.54, 1.807) is 0 Å². The first kappa shape index (κ1) is 15.4. The quantitative estimate of drug-likeness (QED) is 0.697. The highest BCUT2D eigenvalue weighted by Gasteiger charge is 2.30. The molecule has 0 bridgehead atoms. The summed E-state index contributed by atoms with van der Waals surface area (Å²) in [6.45, 7) is 8.26. The predicted octanol–water partition coefficient (Wildman–Crippen LogP) is 4.23. The van der Waals surface area contributed by atoms with Gasteiger partial charge in [0.25, 0.3) is 0 Å². The second kappa shape index (κ2) is 7.04. The molecule has 0 aromatic carbocycles. The minimum Gasteiger partial charge on any atom is -0.303 e. The number of hydrogen-bond acceptors (Lipinski definition) is 2. The zero-order valence-corrected chi connectivity index (χ0v) is 13.1. The molecule has 0 saturated heterocycles. The van der Waals surface area contributed by atoms with Gasteiger partial charge in [-0.1, -0.05) is 33.6 Å². The van der Waals surface area contributed by atoms with Crippen molar-refractivity contribution in [2.24, 2.45) is 11.3 Å². The lowest BCUT2D eigenvalue weighted by molar-refractivity contribution is 0.106. The Morgan fingerprint density at radius 2 is 1.88 bits per heavy atom. The third-order valence-corrected chi connectivity index (χ3v) is 5.62. The van der Waals surface area contributed by atoms with Gasteiger partial charge in [0, 0.05) is 12.6 Å². The van der Waals surface area contributed by atoms with Gasteiger partial charge < -0.3 is 4.90 Å². The maximum Gasteiger partial charge on any atom is 0.00949 e. The lowest BCUT2D eigenvalue weighted by Gasteiger charge is -2.40. The van der Waals surface area contributed by atoms with Crippen LogP contribution in [-0.2, 0) is 0 Å². The Morgan fingerprint density at radius 1 is 1.24 bits per heavy atom. The van der Waals surface area contributed by atoms with Crippen LogP contribution >= 0.6 is 12.6 Å². The summed E-state index contributed by atoms with van der Waals surface area (Å²) in [5, 5.41) is 0. The molecule has 0 amide bonds. The van der Waals surface area contributed by atoms with Gasteiger partial charge in [-0.05, 0) is 49.8 Å². The zero-order valence-electron chi connectivity index (χ0n) is 12.2. The molecule has 1 fully saturated rings. The van der Waals surface area contributed by atoms with Gasteiger partial charge in [-0.3, -0.25) is 0 Å². The van der Waals surface area contributed by atoms with E-state index in [1.165, 1.54) is 45.1 Å². The van der Waals surface area contributed by atoms with E-state index < -0.39 is 0 Å². The third kappa shape index (κ3) is 4.17. The standard InChI is InChI=1S/C15H31NS/c1-5-15(6-2,12-17)11-16(4)14-9-7-8-13(3)10-14/h13-14,17H,5-12H2,1-4H3. The van der Waals surface area contributed by atoms with Crippen LogP contribution in [0.4, 0.5) is 0 Å². The third-order valence-electron chi connectivity index (χ3n) is 4.95. The summed E-state index contributed by atoms with van der Waals surface area (Å²) in [6, 6.07) is 0.816. The van der Waals surface area contributed by atoms with Crippen molar-refractivity contribution >= 4 is 12.6 Å². The predicted molar refractivity (Wildman–Crippen MR) is 80.9 cm³/mol. The molecule has 0 N–H and O–H groups in total. The molecule has 102 valence electrons. The molecule has 1 nitrogen and oxygen atoms in total. The Kier molecular flexibility index (Phi) is 6.36. The Balaban J connectivity index is 2.54. The topological polar surface area (TPSA) is 3.24 Å². The fourth-order valence-corrected chi connectivity index (χ4v) is 3.76. The zero-order chi connectivity index (χ0) is 12.9. The van der Waals surface area contributed by atoms with Crippen LogP contribution in [0.3, 0.4) is 0 Å². The molecule has 1 aliphatic carbocycles. The summed E-state index contributed by atoms with van der Waals surface area (Å²) in [4.78, 5) is 2.62. The maximum absolute atomic E-state index is 4.59. The highest BCUT2D eigenvalue weighted by Crippen LogP contribution is 2.32. The molecule has 2 unspecified atom stereocenters. The van der Waals surface area contributed by atoms with Crippen LogP contribution in [-0.4, -0.2) is 30.3 Å². The number of hydrogen-bond donors (Lipinski definition) is 1. The summed E-state index contributed by atoms with van der Waals surface area (Å²) in [7, 11) is 2.33. The van der Waals surface area contributed by atoms with Crippen LogP contribution in [0.15, 0.2) is 0 Å². The highest BCUT2D eigenvalue weighted by atomic mass is 32.1. The minimum absolute atomic E-state index is 0.429. The monoisotopic (exact) mass is 257 g/mol. The van der Waals surface area contributed by atoms with Gasteiger partial charge >= 0.3 is 0 Å². The molecule has 2 atom stereocenters. The average Bonchev–Trinajstić information content (AvgIpc) is 2.36. The van der Waals surface area contributed by atoms with Gasteiger partial charge in [-0.2, -0.15) is 12.6 Å². The molecule has 0 aliphatic heterocycles. The van der Waals surface area contributed by atoms with Gasteiger partial charge in [-0.25, -0.2) is 0 Å². The number of rotatable bonds is 6. The second-order valence-corrected chi connectivity index (χ2v) is 6.52. The van der Waals surface area contributed by atoms with Crippen molar-refractivity contribution in [2.45, 2.75) is 65.3 Å². The normalized spacial score (nSPS) is 26.5. The van der Waals surface area contributed by atoms with Crippen molar-refractivity contribution in [3.8, 4) is 0 Å². The van der Waals surface area contributed by atoms with Crippen molar-refractivity contribution in [1.29, 1.82) is 0 Å². The number of thiol groups is 1. The Morgan fingerprint density at radius 3 is 2.35 bits per heavy atom. The number of nitrogens with zero attached hydrogens (tertiary/aromatic N) is 1. The second-order valence-electron chi connectivity index (χ2n) is 6.21. The van der Waals surface area contributed by atoms with Crippen molar-refractivity contribution in [3.63, 3.8) is 0 Å². The molecule has 0 heterocycles. The molecule has 0 spiro atoms. The van der Waals surface area contributed by atoms with Crippen molar-refractivity contribution in [2.75, 3.05) is 19.3 Å². The van der Waals surface area contributed by atoms with E-state index in [2.05, 4.69) is 45.3 Å². The van der Waals surface area contributed by atoms with Crippen LogP contribution in [0.25, 0.3) is 0 Å². The molecule has 0 radical (unpaired) electrons.